The number of ether oxygens (including phenoxy) is 1. The SMILES string of the molecule is CCCC[C@H](C(=O)OCC(=O)NNC(=O)c1ccc(Cl)cc1)N1C(=O)[C@H]2C3c4ccccc4C(c4ccccc43)[C@@H]2C1=O. The molecular formula is C33H30ClN3O6. The van der Waals surface area contributed by atoms with E-state index in [1.54, 1.807) is 0 Å². The Morgan fingerprint density at radius 3 is 1.81 bits per heavy atom. The molecular weight excluding hydrogens is 570 g/mol. The quantitative estimate of drug-likeness (QED) is 0.228. The number of rotatable bonds is 8. The lowest BCUT2D eigenvalue weighted by atomic mass is 9.55. The summed E-state index contributed by atoms with van der Waals surface area (Å²) >= 11 is 5.84. The molecule has 1 fully saturated rings. The molecule has 1 aliphatic heterocycles. The number of nitrogens with one attached hydrogen (secondary N) is 2. The molecule has 3 atom stereocenters. The molecule has 0 saturated carbocycles. The zero-order valence-corrected chi connectivity index (χ0v) is 24.2. The van der Waals surface area contributed by atoms with Gasteiger partial charge in [0.2, 0.25) is 11.8 Å². The fourth-order valence-electron chi connectivity index (χ4n) is 6.83. The molecule has 43 heavy (non-hydrogen) atoms. The van der Waals surface area contributed by atoms with E-state index >= 15 is 0 Å². The number of halogens is 1. The molecule has 1 saturated heterocycles. The average Bonchev–Trinajstić information content (AvgIpc) is 3.29. The number of unbranched alkanes of at least 4 members (excludes halogenated alkanes) is 1. The Hall–Kier alpha value is -4.50. The number of hydrogen-bond donors (Lipinski definition) is 2. The van der Waals surface area contributed by atoms with E-state index in [4.69, 9.17) is 16.3 Å². The van der Waals surface area contributed by atoms with Crippen LogP contribution >= 0.6 is 11.6 Å². The molecule has 0 radical (unpaired) electrons. The molecule has 2 N–H and O–H groups in total. The lowest BCUT2D eigenvalue weighted by molar-refractivity contribution is -0.161. The predicted molar refractivity (Wildman–Crippen MR) is 157 cm³/mol. The molecule has 4 amide bonds. The summed E-state index contributed by atoms with van der Waals surface area (Å²) in [7, 11) is 0. The summed E-state index contributed by atoms with van der Waals surface area (Å²) in [6.45, 7) is 1.24. The first kappa shape index (κ1) is 28.6. The van der Waals surface area contributed by atoms with E-state index in [2.05, 4.69) is 10.9 Å². The minimum absolute atomic E-state index is 0.219. The van der Waals surface area contributed by atoms with Gasteiger partial charge in [-0.1, -0.05) is 79.9 Å². The van der Waals surface area contributed by atoms with Crippen molar-refractivity contribution >= 4 is 41.2 Å². The second kappa shape index (κ2) is 11.6. The summed E-state index contributed by atoms with van der Waals surface area (Å²) in [5.74, 6) is -4.78. The Morgan fingerprint density at radius 1 is 0.814 bits per heavy atom. The van der Waals surface area contributed by atoms with Crippen molar-refractivity contribution in [2.75, 3.05) is 6.61 Å². The van der Waals surface area contributed by atoms with Gasteiger partial charge in [0.1, 0.15) is 6.04 Å². The molecule has 0 aromatic heterocycles. The molecule has 4 aliphatic rings. The number of amides is 4. The first-order valence-electron chi connectivity index (χ1n) is 14.4. The van der Waals surface area contributed by atoms with Crippen molar-refractivity contribution < 1.29 is 28.7 Å². The Bertz CT molecular complexity index is 1510. The van der Waals surface area contributed by atoms with E-state index in [-0.39, 0.29) is 35.6 Å². The van der Waals surface area contributed by atoms with Crippen LogP contribution in [0.5, 0.6) is 0 Å². The third-order valence-electron chi connectivity index (χ3n) is 8.66. The predicted octanol–water partition coefficient (Wildman–Crippen LogP) is 4.10. The highest BCUT2D eigenvalue weighted by Gasteiger charge is 2.63. The van der Waals surface area contributed by atoms with Gasteiger partial charge < -0.3 is 4.74 Å². The molecule has 3 aliphatic carbocycles. The van der Waals surface area contributed by atoms with Gasteiger partial charge >= 0.3 is 5.97 Å². The fraction of sp³-hybridized carbons (Fsp3) is 0.303. The molecule has 0 unspecified atom stereocenters. The van der Waals surface area contributed by atoms with Gasteiger partial charge in [-0.25, -0.2) is 4.79 Å². The molecule has 1 heterocycles. The second-order valence-electron chi connectivity index (χ2n) is 11.1. The van der Waals surface area contributed by atoms with Crippen molar-refractivity contribution in [2.24, 2.45) is 11.8 Å². The molecule has 7 rings (SSSR count). The normalized spacial score (nSPS) is 21.9. The Kier molecular flexibility index (Phi) is 7.75. The maximum Gasteiger partial charge on any atom is 0.329 e. The van der Waals surface area contributed by atoms with Gasteiger partial charge in [0, 0.05) is 22.4 Å². The van der Waals surface area contributed by atoms with Crippen molar-refractivity contribution in [2.45, 2.75) is 44.1 Å². The van der Waals surface area contributed by atoms with Crippen molar-refractivity contribution in [3.05, 3.63) is 106 Å². The first-order valence-corrected chi connectivity index (χ1v) is 14.8. The molecule has 9 nitrogen and oxygen atoms in total. The molecule has 10 heteroatoms. The third kappa shape index (κ3) is 4.97. The second-order valence-corrected chi connectivity index (χ2v) is 11.5. The maximum absolute atomic E-state index is 14.1. The summed E-state index contributed by atoms with van der Waals surface area (Å²) in [6.07, 6.45) is 1.52. The number of carbonyl (C=O) groups is 5. The number of benzene rings is 3. The van der Waals surface area contributed by atoms with Crippen LogP contribution in [-0.4, -0.2) is 47.1 Å². The van der Waals surface area contributed by atoms with E-state index < -0.39 is 42.3 Å². The van der Waals surface area contributed by atoms with Crippen LogP contribution in [0.25, 0.3) is 0 Å². The third-order valence-corrected chi connectivity index (χ3v) is 8.92. The van der Waals surface area contributed by atoms with Crippen LogP contribution in [0.3, 0.4) is 0 Å². The van der Waals surface area contributed by atoms with Crippen LogP contribution in [0.1, 0.15) is 70.6 Å². The van der Waals surface area contributed by atoms with Gasteiger partial charge in [-0.3, -0.25) is 34.9 Å². The number of hydrazine groups is 1. The van der Waals surface area contributed by atoms with E-state index in [1.807, 2.05) is 55.5 Å². The largest absolute Gasteiger partial charge is 0.454 e. The molecule has 2 bridgehead atoms. The van der Waals surface area contributed by atoms with Crippen LogP contribution in [-0.2, 0) is 23.9 Å². The van der Waals surface area contributed by atoms with E-state index in [0.29, 0.717) is 11.4 Å². The highest BCUT2D eigenvalue weighted by molar-refractivity contribution is 6.30. The summed E-state index contributed by atoms with van der Waals surface area (Å²) in [5.41, 5.74) is 8.89. The van der Waals surface area contributed by atoms with Gasteiger partial charge in [0.25, 0.3) is 11.8 Å². The van der Waals surface area contributed by atoms with Gasteiger partial charge in [-0.2, -0.15) is 0 Å². The average molecular weight is 600 g/mol. The molecule has 220 valence electrons. The highest BCUT2D eigenvalue weighted by Crippen LogP contribution is 2.61. The monoisotopic (exact) mass is 599 g/mol. The zero-order valence-electron chi connectivity index (χ0n) is 23.4. The topological polar surface area (TPSA) is 122 Å². The van der Waals surface area contributed by atoms with Gasteiger partial charge in [-0.15, -0.1) is 0 Å². The number of carbonyl (C=O) groups excluding carboxylic acids is 5. The lowest BCUT2D eigenvalue weighted by Crippen LogP contribution is -2.48. The van der Waals surface area contributed by atoms with E-state index in [0.717, 1.165) is 33.6 Å². The summed E-state index contributed by atoms with van der Waals surface area (Å²) in [6, 6.07) is 20.8. The Morgan fingerprint density at radius 2 is 1.33 bits per heavy atom. The molecule has 3 aromatic carbocycles. The maximum atomic E-state index is 14.1. The number of esters is 1. The van der Waals surface area contributed by atoms with Gasteiger partial charge in [-0.05, 0) is 52.9 Å². The van der Waals surface area contributed by atoms with E-state index in [9.17, 15) is 24.0 Å². The summed E-state index contributed by atoms with van der Waals surface area (Å²) in [5, 5.41) is 0.459. The minimum Gasteiger partial charge on any atom is -0.454 e. The van der Waals surface area contributed by atoms with Crippen LogP contribution in [0.2, 0.25) is 5.02 Å². The summed E-state index contributed by atoms with van der Waals surface area (Å²) in [4.78, 5) is 67.4. The Balaban J connectivity index is 1.19. The number of nitrogens with zero attached hydrogens (tertiary/aromatic N) is 1. The molecule has 3 aromatic rings. The van der Waals surface area contributed by atoms with Crippen LogP contribution in [0.4, 0.5) is 0 Å². The van der Waals surface area contributed by atoms with Crippen LogP contribution in [0.15, 0.2) is 72.8 Å². The van der Waals surface area contributed by atoms with Crippen LogP contribution in [0, 0.1) is 11.8 Å². The Labute approximate surface area is 253 Å². The van der Waals surface area contributed by atoms with Gasteiger partial charge in [0.05, 0.1) is 11.8 Å². The highest BCUT2D eigenvalue weighted by atomic mass is 35.5. The standard InChI is InChI=1S/C33H30ClN3O6/c1-2-3-12-24(33(42)43-17-25(38)35-36-30(39)18-13-15-19(34)16-14-18)37-31(40)28-26-20-8-4-5-9-21(20)27(29(28)32(37)41)23-11-7-6-10-22(23)26/h4-11,13-16,24,26-29H,2-3,12,17H2,1H3,(H,35,38)(H,36,39)/t24-,26?,27?,28+,29+/m1/s1. The summed E-state index contributed by atoms with van der Waals surface area (Å²) < 4.78 is 5.31. The number of likely N-dealkylation sites (tertiary alicyclic amines) is 1. The van der Waals surface area contributed by atoms with E-state index in [1.165, 1.54) is 24.3 Å². The number of imide groups is 1. The fourth-order valence-corrected chi connectivity index (χ4v) is 6.95. The lowest BCUT2D eigenvalue weighted by Gasteiger charge is -2.45. The van der Waals surface area contributed by atoms with Crippen molar-refractivity contribution in [1.82, 2.24) is 15.8 Å². The minimum atomic E-state index is -1.16. The number of hydrogen-bond acceptors (Lipinski definition) is 6. The van der Waals surface area contributed by atoms with Crippen molar-refractivity contribution in [1.29, 1.82) is 0 Å². The smallest absolute Gasteiger partial charge is 0.329 e. The molecule has 0 spiro atoms. The van der Waals surface area contributed by atoms with Crippen molar-refractivity contribution in [3.8, 4) is 0 Å². The van der Waals surface area contributed by atoms with Crippen LogP contribution < -0.4 is 10.9 Å². The van der Waals surface area contributed by atoms with Gasteiger partial charge in [0.15, 0.2) is 6.61 Å². The first-order chi connectivity index (χ1) is 20.8. The van der Waals surface area contributed by atoms with Crippen molar-refractivity contribution in [3.63, 3.8) is 0 Å². The zero-order chi connectivity index (χ0) is 30.2.